The average Bonchev–Trinajstić information content (AvgIpc) is 2.90. The Labute approximate surface area is 218 Å². The van der Waals surface area contributed by atoms with Crippen LogP contribution >= 0.6 is 0 Å². The van der Waals surface area contributed by atoms with Gasteiger partial charge in [-0.05, 0) is 57.5 Å². The molecule has 4 rings (SSSR count). The molecule has 0 atom stereocenters. The van der Waals surface area contributed by atoms with Gasteiger partial charge in [-0.15, -0.1) is 0 Å². The first kappa shape index (κ1) is 28.0. The number of benzene rings is 2. The van der Waals surface area contributed by atoms with Crippen molar-refractivity contribution in [3.63, 3.8) is 0 Å². The molecule has 2 N–H and O–H groups in total. The van der Waals surface area contributed by atoms with E-state index in [2.05, 4.69) is 58.0 Å². The average molecular weight is 512 g/mol. The number of hydrogen-bond acceptors (Lipinski definition) is 6. The number of hydrogen-bond donors (Lipinski definition) is 2. The van der Waals surface area contributed by atoms with E-state index >= 15 is 0 Å². The summed E-state index contributed by atoms with van der Waals surface area (Å²) >= 11 is 0. The number of nitrogens with zero attached hydrogens (tertiary/aromatic N) is 3. The standard InChI is InChI=1S/C26H35N3O2.C2H2O4/c1-3-31-25-10-5-4-9-24(25)28-15-17-29(18-16-28)26(30)23-11-13-27(14-12-23)20-22-8-6-7-21(2)19-22;3-1(4)2(5)6/h4-10,19,23H,3,11-18,20H2,1-2H3;(H,3,4)(H,5,6). The molecule has 0 bridgehead atoms. The van der Waals surface area contributed by atoms with E-state index in [1.165, 1.54) is 11.1 Å². The molecule has 9 nitrogen and oxygen atoms in total. The van der Waals surface area contributed by atoms with Crippen LogP contribution in [-0.2, 0) is 20.9 Å². The van der Waals surface area contributed by atoms with Gasteiger partial charge in [-0.1, -0.05) is 42.0 Å². The van der Waals surface area contributed by atoms with E-state index in [1.54, 1.807) is 0 Å². The SMILES string of the molecule is CCOc1ccccc1N1CCN(C(=O)C2CCN(Cc3cccc(C)c3)CC2)CC1.O=C(O)C(=O)O. The van der Waals surface area contributed by atoms with Crippen LogP contribution in [-0.4, -0.2) is 83.7 Å². The molecule has 1 amide bonds. The molecule has 2 aliphatic heterocycles. The van der Waals surface area contributed by atoms with Gasteiger partial charge in [-0.3, -0.25) is 9.69 Å². The second-order valence-electron chi connectivity index (χ2n) is 9.36. The molecular weight excluding hydrogens is 474 g/mol. The Morgan fingerprint density at radius 1 is 0.892 bits per heavy atom. The van der Waals surface area contributed by atoms with Crippen molar-refractivity contribution in [3.8, 4) is 5.75 Å². The van der Waals surface area contributed by atoms with E-state index in [0.29, 0.717) is 12.5 Å². The first-order valence-corrected chi connectivity index (χ1v) is 12.8. The number of carboxylic acid groups (broad SMARTS) is 2. The van der Waals surface area contributed by atoms with Crippen molar-refractivity contribution in [3.05, 3.63) is 59.7 Å². The molecule has 2 heterocycles. The van der Waals surface area contributed by atoms with Crippen molar-refractivity contribution < 1.29 is 29.3 Å². The van der Waals surface area contributed by atoms with Gasteiger partial charge in [-0.25, -0.2) is 9.59 Å². The van der Waals surface area contributed by atoms with Crippen LogP contribution in [0.2, 0.25) is 0 Å². The summed E-state index contributed by atoms with van der Waals surface area (Å²) < 4.78 is 5.79. The van der Waals surface area contributed by atoms with Gasteiger partial charge in [0.15, 0.2) is 0 Å². The molecule has 2 aliphatic rings. The van der Waals surface area contributed by atoms with Crippen molar-refractivity contribution in [1.29, 1.82) is 0 Å². The van der Waals surface area contributed by atoms with E-state index in [9.17, 15) is 4.79 Å². The van der Waals surface area contributed by atoms with E-state index in [4.69, 9.17) is 24.5 Å². The molecule has 2 fully saturated rings. The summed E-state index contributed by atoms with van der Waals surface area (Å²) in [5.41, 5.74) is 3.82. The third kappa shape index (κ3) is 8.21. The highest BCUT2D eigenvalue weighted by molar-refractivity contribution is 6.27. The molecule has 2 saturated heterocycles. The van der Waals surface area contributed by atoms with Crippen LogP contribution in [0.4, 0.5) is 5.69 Å². The maximum atomic E-state index is 13.1. The molecule has 2 aromatic carbocycles. The Bertz CT molecular complexity index is 1050. The number of piperidine rings is 1. The predicted molar refractivity (Wildman–Crippen MR) is 141 cm³/mol. The minimum absolute atomic E-state index is 0.177. The number of para-hydroxylation sites is 2. The smallest absolute Gasteiger partial charge is 0.414 e. The van der Waals surface area contributed by atoms with Gasteiger partial charge in [0.05, 0.1) is 12.3 Å². The van der Waals surface area contributed by atoms with Gasteiger partial charge in [0, 0.05) is 38.6 Å². The third-order valence-corrected chi connectivity index (χ3v) is 6.71. The highest BCUT2D eigenvalue weighted by atomic mass is 16.5. The fraction of sp³-hybridized carbons (Fsp3) is 0.464. The number of aryl methyl sites for hydroxylation is 1. The van der Waals surface area contributed by atoms with Gasteiger partial charge in [0.25, 0.3) is 0 Å². The first-order chi connectivity index (χ1) is 17.8. The molecule has 0 spiro atoms. The zero-order chi connectivity index (χ0) is 26.8. The number of aliphatic carboxylic acids is 2. The fourth-order valence-corrected chi connectivity index (χ4v) is 4.83. The molecule has 200 valence electrons. The molecule has 0 radical (unpaired) electrons. The van der Waals surface area contributed by atoms with E-state index in [0.717, 1.165) is 70.1 Å². The first-order valence-electron chi connectivity index (χ1n) is 12.8. The number of carbonyl (C=O) groups excluding carboxylic acids is 1. The summed E-state index contributed by atoms with van der Waals surface area (Å²) in [6.45, 7) is 11.1. The number of carbonyl (C=O) groups is 3. The maximum Gasteiger partial charge on any atom is 0.414 e. The molecule has 0 saturated carbocycles. The maximum absolute atomic E-state index is 13.1. The second-order valence-corrected chi connectivity index (χ2v) is 9.36. The van der Waals surface area contributed by atoms with Crippen molar-refractivity contribution in [2.24, 2.45) is 5.92 Å². The Morgan fingerprint density at radius 2 is 1.54 bits per heavy atom. The fourth-order valence-electron chi connectivity index (χ4n) is 4.83. The lowest BCUT2D eigenvalue weighted by atomic mass is 9.94. The van der Waals surface area contributed by atoms with Gasteiger partial charge >= 0.3 is 11.9 Å². The summed E-state index contributed by atoms with van der Waals surface area (Å²) in [5.74, 6) is -2.18. The number of rotatable bonds is 6. The highest BCUT2D eigenvalue weighted by Crippen LogP contribution is 2.29. The molecule has 9 heteroatoms. The monoisotopic (exact) mass is 511 g/mol. The van der Waals surface area contributed by atoms with Crippen molar-refractivity contribution in [1.82, 2.24) is 9.80 Å². The van der Waals surface area contributed by atoms with Crippen LogP contribution in [0.1, 0.15) is 30.9 Å². The van der Waals surface area contributed by atoms with Gasteiger partial charge < -0.3 is 24.7 Å². The summed E-state index contributed by atoms with van der Waals surface area (Å²) in [7, 11) is 0. The molecule has 2 aromatic rings. The topological polar surface area (TPSA) is 111 Å². The molecule has 37 heavy (non-hydrogen) atoms. The second kappa shape index (κ2) is 13.6. The van der Waals surface area contributed by atoms with Crippen LogP contribution in [0.5, 0.6) is 5.75 Å². The van der Waals surface area contributed by atoms with Gasteiger partial charge in [0.2, 0.25) is 5.91 Å². The molecule has 0 aromatic heterocycles. The lowest BCUT2D eigenvalue weighted by Gasteiger charge is -2.39. The number of amides is 1. The lowest BCUT2D eigenvalue weighted by Crippen LogP contribution is -2.51. The van der Waals surface area contributed by atoms with Crippen molar-refractivity contribution in [2.75, 3.05) is 50.8 Å². The zero-order valence-electron chi connectivity index (χ0n) is 21.6. The summed E-state index contributed by atoms with van der Waals surface area (Å²) in [6.07, 6.45) is 1.94. The Kier molecular flexibility index (Phi) is 10.3. The Balaban J connectivity index is 0.000000568. The van der Waals surface area contributed by atoms with E-state index < -0.39 is 11.9 Å². The Hall–Kier alpha value is -3.59. The quantitative estimate of drug-likeness (QED) is 0.570. The molecule has 0 unspecified atom stereocenters. The van der Waals surface area contributed by atoms with E-state index in [-0.39, 0.29) is 5.92 Å². The van der Waals surface area contributed by atoms with Crippen LogP contribution in [0.15, 0.2) is 48.5 Å². The number of carboxylic acids is 2. The number of piperazine rings is 1. The molecular formula is C28H37N3O6. The number of likely N-dealkylation sites (tertiary alicyclic amines) is 1. The molecule has 0 aliphatic carbocycles. The minimum Gasteiger partial charge on any atom is -0.492 e. The van der Waals surface area contributed by atoms with Crippen LogP contribution in [0, 0.1) is 12.8 Å². The largest absolute Gasteiger partial charge is 0.492 e. The lowest BCUT2D eigenvalue weighted by molar-refractivity contribution is -0.159. The summed E-state index contributed by atoms with van der Waals surface area (Å²) in [6, 6.07) is 17.0. The predicted octanol–water partition coefficient (Wildman–Crippen LogP) is 3.11. The Morgan fingerprint density at radius 3 is 2.14 bits per heavy atom. The van der Waals surface area contributed by atoms with E-state index in [1.807, 2.05) is 19.1 Å². The van der Waals surface area contributed by atoms with Gasteiger partial charge in [0.1, 0.15) is 5.75 Å². The third-order valence-electron chi connectivity index (χ3n) is 6.71. The highest BCUT2D eigenvalue weighted by Gasteiger charge is 2.30. The van der Waals surface area contributed by atoms with Crippen LogP contribution in [0.3, 0.4) is 0 Å². The zero-order valence-corrected chi connectivity index (χ0v) is 21.6. The van der Waals surface area contributed by atoms with Gasteiger partial charge in [-0.2, -0.15) is 0 Å². The minimum atomic E-state index is -1.82. The van der Waals surface area contributed by atoms with Crippen LogP contribution in [0.25, 0.3) is 0 Å². The number of anilines is 1. The van der Waals surface area contributed by atoms with Crippen molar-refractivity contribution in [2.45, 2.75) is 33.2 Å². The summed E-state index contributed by atoms with van der Waals surface area (Å²) in [5, 5.41) is 14.8. The normalized spacial score (nSPS) is 16.5. The summed E-state index contributed by atoms with van der Waals surface area (Å²) in [4.78, 5) is 38.3. The number of ether oxygens (including phenoxy) is 1. The van der Waals surface area contributed by atoms with Crippen LogP contribution < -0.4 is 9.64 Å². The van der Waals surface area contributed by atoms with Crippen molar-refractivity contribution >= 4 is 23.5 Å².